The summed E-state index contributed by atoms with van der Waals surface area (Å²) in [4.78, 5) is 16.4. The minimum absolute atomic E-state index is 0.353. The van der Waals surface area contributed by atoms with E-state index in [2.05, 4.69) is 35.8 Å². The monoisotopic (exact) mass is 582 g/mol. The molecule has 0 N–H and O–H groups in total. The van der Waals surface area contributed by atoms with Gasteiger partial charge in [0.15, 0.2) is 0 Å². The molecule has 5 rings (SSSR count). The predicted octanol–water partition coefficient (Wildman–Crippen LogP) is 9.08. The van der Waals surface area contributed by atoms with E-state index in [-0.39, 0.29) is 5.97 Å². The highest BCUT2D eigenvalue weighted by Crippen LogP contribution is 2.30. The van der Waals surface area contributed by atoms with Crippen LogP contribution in [0.5, 0.6) is 5.75 Å². The predicted molar refractivity (Wildman–Crippen MR) is 166 cm³/mol. The van der Waals surface area contributed by atoms with Crippen molar-refractivity contribution >= 4 is 41.3 Å². The highest BCUT2D eigenvalue weighted by atomic mass is 35.5. The Bertz CT molecular complexity index is 1690. The van der Waals surface area contributed by atoms with Gasteiger partial charge in [-0.1, -0.05) is 71.7 Å². The van der Waals surface area contributed by atoms with Crippen LogP contribution in [0.25, 0.3) is 34.5 Å². The van der Waals surface area contributed by atoms with E-state index in [1.165, 1.54) is 7.11 Å². The summed E-state index contributed by atoms with van der Waals surface area (Å²) >= 11 is 12.5. The van der Waals surface area contributed by atoms with Gasteiger partial charge in [-0.05, 0) is 83.8 Å². The summed E-state index contributed by atoms with van der Waals surface area (Å²) in [6.45, 7) is 3.27. The zero-order chi connectivity index (χ0) is 28.8. The fourth-order valence-electron chi connectivity index (χ4n) is 4.40. The summed E-state index contributed by atoms with van der Waals surface area (Å²) in [5, 5.41) is 1.17. The van der Waals surface area contributed by atoms with Gasteiger partial charge in [0.05, 0.1) is 23.4 Å². The summed E-state index contributed by atoms with van der Waals surface area (Å²) in [7, 11) is 1.37. The maximum Gasteiger partial charge on any atom is 0.337 e. The average Bonchev–Trinajstić information content (AvgIpc) is 3.42. The van der Waals surface area contributed by atoms with Crippen molar-refractivity contribution in [2.24, 2.45) is 0 Å². The van der Waals surface area contributed by atoms with Gasteiger partial charge in [0, 0.05) is 23.3 Å². The minimum atomic E-state index is -0.353. The SMILES string of the molecule is CCn1cc(-c2ccc(Cl)cc2Cl)nc1C=Cc1cccc(-c2ccc(OCc3ccc(C(=O)OC)cc3)cc2)c1. The molecule has 1 aromatic heterocycles. The number of halogens is 2. The Morgan fingerprint density at radius 2 is 1.68 bits per heavy atom. The van der Waals surface area contributed by atoms with Crippen LogP contribution in [-0.4, -0.2) is 22.6 Å². The molecule has 0 bridgehead atoms. The lowest BCUT2D eigenvalue weighted by Gasteiger charge is -2.09. The summed E-state index contributed by atoms with van der Waals surface area (Å²) in [6, 6.07) is 29.0. The number of esters is 1. The molecule has 0 saturated carbocycles. The van der Waals surface area contributed by atoms with E-state index < -0.39 is 0 Å². The number of imidazole rings is 1. The van der Waals surface area contributed by atoms with Crippen molar-refractivity contribution in [2.75, 3.05) is 7.11 Å². The first-order valence-electron chi connectivity index (χ1n) is 13.1. The summed E-state index contributed by atoms with van der Waals surface area (Å²) < 4.78 is 12.8. The third-order valence-electron chi connectivity index (χ3n) is 6.63. The highest BCUT2D eigenvalue weighted by molar-refractivity contribution is 6.36. The molecule has 5 aromatic rings. The smallest absolute Gasteiger partial charge is 0.337 e. The van der Waals surface area contributed by atoms with Gasteiger partial charge in [0.2, 0.25) is 0 Å². The van der Waals surface area contributed by atoms with Gasteiger partial charge in [0.25, 0.3) is 0 Å². The molecular weight excluding hydrogens is 555 g/mol. The first-order chi connectivity index (χ1) is 19.9. The second-order valence-electron chi connectivity index (χ2n) is 9.35. The molecule has 5 nitrogen and oxygen atoms in total. The molecule has 1 heterocycles. The Morgan fingerprint density at radius 3 is 2.39 bits per heavy atom. The molecule has 0 amide bonds. The van der Waals surface area contributed by atoms with Crippen LogP contribution in [0.4, 0.5) is 0 Å². The zero-order valence-corrected chi connectivity index (χ0v) is 24.2. The number of hydrogen-bond acceptors (Lipinski definition) is 4. The molecular formula is C34H28Cl2N2O3. The van der Waals surface area contributed by atoms with Crippen molar-refractivity contribution in [1.29, 1.82) is 0 Å². The molecule has 4 aromatic carbocycles. The van der Waals surface area contributed by atoms with E-state index >= 15 is 0 Å². The molecule has 0 atom stereocenters. The zero-order valence-electron chi connectivity index (χ0n) is 22.7. The van der Waals surface area contributed by atoms with Gasteiger partial charge in [-0.2, -0.15) is 0 Å². The Kier molecular flexibility index (Phi) is 8.88. The number of aryl methyl sites for hydroxylation is 1. The summed E-state index contributed by atoms with van der Waals surface area (Å²) in [5.41, 5.74) is 6.39. The van der Waals surface area contributed by atoms with Crippen molar-refractivity contribution in [1.82, 2.24) is 9.55 Å². The van der Waals surface area contributed by atoms with Crippen molar-refractivity contribution in [3.8, 4) is 28.1 Å². The summed E-state index contributed by atoms with van der Waals surface area (Å²) in [6.07, 6.45) is 6.09. The van der Waals surface area contributed by atoms with Crippen molar-refractivity contribution in [3.05, 3.63) is 130 Å². The van der Waals surface area contributed by atoms with Crippen LogP contribution >= 0.6 is 23.2 Å². The average molecular weight is 584 g/mol. The first kappa shape index (κ1) is 28.2. The number of hydrogen-bond donors (Lipinski definition) is 0. The van der Waals surface area contributed by atoms with Gasteiger partial charge >= 0.3 is 5.97 Å². The fraction of sp³-hybridized carbons (Fsp3) is 0.118. The van der Waals surface area contributed by atoms with E-state index in [0.717, 1.165) is 51.6 Å². The van der Waals surface area contributed by atoms with Gasteiger partial charge in [-0.15, -0.1) is 0 Å². The molecule has 0 saturated heterocycles. The first-order valence-corrected chi connectivity index (χ1v) is 13.9. The number of carbonyl (C=O) groups is 1. The van der Waals surface area contributed by atoms with Crippen LogP contribution in [0.3, 0.4) is 0 Å². The van der Waals surface area contributed by atoms with Crippen LogP contribution in [0, 0.1) is 0 Å². The van der Waals surface area contributed by atoms with E-state index in [9.17, 15) is 4.79 Å². The largest absolute Gasteiger partial charge is 0.489 e. The van der Waals surface area contributed by atoms with E-state index in [1.807, 2.05) is 66.9 Å². The third kappa shape index (κ3) is 6.88. The van der Waals surface area contributed by atoms with Crippen LogP contribution in [0.1, 0.15) is 34.2 Å². The number of nitrogens with zero attached hydrogens (tertiary/aromatic N) is 2. The Balaban J connectivity index is 1.26. The second-order valence-corrected chi connectivity index (χ2v) is 10.2. The quantitative estimate of drug-likeness (QED) is 0.163. The lowest BCUT2D eigenvalue weighted by atomic mass is 10.0. The number of aromatic nitrogens is 2. The lowest BCUT2D eigenvalue weighted by Crippen LogP contribution is -2.01. The van der Waals surface area contributed by atoms with Crippen molar-refractivity contribution in [2.45, 2.75) is 20.1 Å². The molecule has 7 heteroatoms. The topological polar surface area (TPSA) is 53.4 Å². The van der Waals surface area contributed by atoms with E-state index in [4.69, 9.17) is 37.7 Å². The van der Waals surface area contributed by atoms with E-state index in [0.29, 0.717) is 22.2 Å². The third-order valence-corrected chi connectivity index (χ3v) is 7.18. The van der Waals surface area contributed by atoms with Gasteiger partial charge in [-0.25, -0.2) is 9.78 Å². The number of benzene rings is 4. The van der Waals surface area contributed by atoms with Gasteiger partial charge in [-0.3, -0.25) is 0 Å². The van der Waals surface area contributed by atoms with Crippen molar-refractivity contribution in [3.63, 3.8) is 0 Å². The minimum Gasteiger partial charge on any atom is -0.489 e. The highest BCUT2D eigenvalue weighted by Gasteiger charge is 2.11. The van der Waals surface area contributed by atoms with Crippen molar-refractivity contribution < 1.29 is 14.3 Å². The number of carbonyl (C=O) groups excluding carboxylic acids is 1. The molecule has 0 fully saturated rings. The second kappa shape index (κ2) is 12.9. The standard InChI is InChI=1S/C34H28Cl2N2O3/c1-3-38-21-32(30-17-14-28(35)20-31(30)36)37-33(38)18-9-23-5-4-6-27(19-23)25-12-15-29(16-13-25)41-22-24-7-10-26(11-8-24)34(39)40-2/h4-21H,3,22H2,1-2H3. The Labute approximate surface area is 249 Å². The van der Waals surface area contributed by atoms with Crippen LogP contribution in [0.2, 0.25) is 10.0 Å². The molecule has 206 valence electrons. The molecule has 0 unspecified atom stereocenters. The molecule has 0 aliphatic carbocycles. The number of rotatable bonds is 9. The molecule has 0 radical (unpaired) electrons. The molecule has 0 spiro atoms. The number of ether oxygens (including phenoxy) is 2. The normalized spacial score (nSPS) is 11.1. The molecule has 0 aliphatic heterocycles. The fourth-order valence-corrected chi connectivity index (χ4v) is 4.91. The van der Waals surface area contributed by atoms with Crippen LogP contribution < -0.4 is 4.74 Å². The van der Waals surface area contributed by atoms with Gasteiger partial charge in [0.1, 0.15) is 18.2 Å². The van der Waals surface area contributed by atoms with Gasteiger partial charge < -0.3 is 14.0 Å². The Morgan fingerprint density at radius 1 is 0.902 bits per heavy atom. The van der Waals surface area contributed by atoms with E-state index in [1.54, 1.807) is 18.2 Å². The van der Waals surface area contributed by atoms with Crippen LogP contribution in [-0.2, 0) is 17.9 Å². The maximum atomic E-state index is 11.6. The lowest BCUT2D eigenvalue weighted by molar-refractivity contribution is 0.0600. The maximum absolute atomic E-state index is 11.6. The number of methoxy groups -OCH3 is 1. The van der Waals surface area contributed by atoms with Crippen LogP contribution in [0.15, 0.2) is 97.2 Å². The Hall–Kier alpha value is -4.32. The molecule has 41 heavy (non-hydrogen) atoms. The molecule has 0 aliphatic rings. The summed E-state index contributed by atoms with van der Waals surface area (Å²) in [5.74, 6) is 1.26.